The second kappa shape index (κ2) is 6.51. The molecule has 2 N–H and O–H groups in total. The molecule has 0 rings (SSSR count). The third-order valence-electron chi connectivity index (χ3n) is 2.10. The molecule has 0 aromatic heterocycles. The van der Waals surface area contributed by atoms with Crippen LogP contribution in [0.25, 0.3) is 0 Å². The van der Waals surface area contributed by atoms with E-state index in [4.69, 9.17) is 9.84 Å². The third kappa shape index (κ3) is 6.36. The van der Waals surface area contributed by atoms with Gasteiger partial charge in [0.25, 0.3) is 0 Å². The number of halogens is 2. The summed E-state index contributed by atoms with van der Waals surface area (Å²) >= 11 is 0. The second-order valence-electron chi connectivity index (χ2n) is 5.19. The minimum Gasteiger partial charge on any atom is -0.481 e. The SMILES string of the molecule is CC(C)(C)OC(=O)NCC(CF)(CF)CC(=O)O. The van der Waals surface area contributed by atoms with E-state index >= 15 is 0 Å². The van der Waals surface area contributed by atoms with E-state index in [1.165, 1.54) is 0 Å². The quantitative estimate of drug-likeness (QED) is 0.770. The van der Waals surface area contributed by atoms with E-state index in [1.807, 2.05) is 0 Å². The van der Waals surface area contributed by atoms with Crippen LogP contribution < -0.4 is 5.32 Å². The van der Waals surface area contributed by atoms with Gasteiger partial charge in [-0.15, -0.1) is 0 Å². The average molecular weight is 267 g/mol. The van der Waals surface area contributed by atoms with Gasteiger partial charge in [-0.05, 0) is 20.8 Å². The summed E-state index contributed by atoms with van der Waals surface area (Å²) in [5.74, 6) is -1.32. The maximum Gasteiger partial charge on any atom is 0.407 e. The van der Waals surface area contributed by atoms with Crippen LogP contribution in [0, 0.1) is 5.41 Å². The number of nitrogens with one attached hydrogen (secondary N) is 1. The molecule has 0 aliphatic heterocycles. The Bertz CT molecular complexity index is 298. The third-order valence-corrected chi connectivity index (χ3v) is 2.10. The van der Waals surface area contributed by atoms with Crippen molar-refractivity contribution in [3.8, 4) is 0 Å². The fraction of sp³-hybridized carbons (Fsp3) is 0.818. The van der Waals surface area contributed by atoms with Crippen LogP contribution in [0.15, 0.2) is 0 Å². The van der Waals surface area contributed by atoms with E-state index in [-0.39, 0.29) is 0 Å². The van der Waals surface area contributed by atoms with Gasteiger partial charge in [-0.2, -0.15) is 0 Å². The molecular formula is C11H19F2NO4. The molecule has 0 heterocycles. The van der Waals surface area contributed by atoms with Crippen molar-refractivity contribution in [3.05, 3.63) is 0 Å². The minimum absolute atomic E-state index is 0.429. The molecule has 0 fully saturated rings. The molecule has 0 saturated carbocycles. The molecule has 0 atom stereocenters. The lowest BCUT2D eigenvalue weighted by molar-refractivity contribution is -0.140. The van der Waals surface area contributed by atoms with Gasteiger partial charge >= 0.3 is 12.1 Å². The van der Waals surface area contributed by atoms with Gasteiger partial charge in [0.1, 0.15) is 5.60 Å². The average Bonchev–Trinajstić information content (AvgIpc) is 2.21. The Kier molecular flexibility index (Phi) is 6.00. The number of ether oxygens (including phenoxy) is 1. The van der Waals surface area contributed by atoms with Crippen LogP contribution in [0.3, 0.4) is 0 Å². The maximum atomic E-state index is 12.8. The molecule has 0 aliphatic rings. The normalized spacial score (nSPS) is 12.1. The van der Waals surface area contributed by atoms with Crippen molar-refractivity contribution in [2.45, 2.75) is 32.8 Å². The van der Waals surface area contributed by atoms with E-state index in [0.717, 1.165) is 0 Å². The Hall–Kier alpha value is -1.40. The summed E-state index contributed by atoms with van der Waals surface area (Å²) in [6.45, 7) is 2.14. The van der Waals surface area contributed by atoms with Crippen LogP contribution in [0.1, 0.15) is 27.2 Å². The number of carbonyl (C=O) groups is 2. The van der Waals surface area contributed by atoms with Crippen LogP contribution in [0.2, 0.25) is 0 Å². The molecule has 1 amide bonds. The number of carboxylic acids is 1. The lowest BCUT2D eigenvalue weighted by atomic mass is 9.87. The summed E-state index contributed by atoms with van der Waals surface area (Å²) in [6, 6.07) is 0. The molecule has 0 aliphatic carbocycles. The van der Waals surface area contributed by atoms with Crippen LogP contribution >= 0.6 is 0 Å². The standard InChI is InChI=1S/C11H19F2NO4/c1-10(2,3)18-9(17)14-7-11(5-12,6-13)4-8(15)16/h4-7H2,1-3H3,(H,14,17)(H,15,16). The summed E-state index contributed by atoms with van der Waals surface area (Å²) in [6.07, 6.45) is -1.53. The fourth-order valence-corrected chi connectivity index (χ4v) is 1.18. The van der Waals surface area contributed by atoms with Gasteiger partial charge in [0.05, 0.1) is 25.2 Å². The summed E-state index contributed by atoms with van der Waals surface area (Å²) in [5, 5.41) is 10.8. The van der Waals surface area contributed by atoms with Crippen LogP contribution in [-0.2, 0) is 9.53 Å². The Morgan fingerprint density at radius 3 is 2.06 bits per heavy atom. The number of carbonyl (C=O) groups excluding carboxylic acids is 1. The molecule has 0 aromatic carbocycles. The molecule has 106 valence electrons. The number of amides is 1. The van der Waals surface area contributed by atoms with Crippen LogP contribution in [0.5, 0.6) is 0 Å². The van der Waals surface area contributed by atoms with Gasteiger partial charge in [-0.25, -0.2) is 4.79 Å². The van der Waals surface area contributed by atoms with Crippen molar-refractivity contribution in [2.24, 2.45) is 5.41 Å². The summed E-state index contributed by atoms with van der Waals surface area (Å²) in [7, 11) is 0. The van der Waals surface area contributed by atoms with E-state index < -0.39 is 49.4 Å². The molecule has 0 bridgehead atoms. The van der Waals surface area contributed by atoms with E-state index in [2.05, 4.69) is 5.32 Å². The number of hydrogen-bond acceptors (Lipinski definition) is 3. The highest BCUT2D eigenvalue weighted by Crippen LogP contribution is 2.23. The lowest BCUT2D eigenvalue weighted by Crippen LogP contribution is -2.43. The van der Waals surface area contributed by atoms with E-state index in [9.17, 15) is 18.4 Å². The molecule has 0 spiro atoms. The Morgan fingerprint density at radius 2 is 1.72 bits per heavy atom. The van der Waals surface area contributed by atoms with Gasteiger partial charge in [-0.1, -0.05) is 0 Å². The number of carboxylic acid groups (broad SMARTS) is 1. The first kappa shape index (κ1) is 16.6. The van der Waals surface area contributed by atoms with Crippen molar-refractivity contribution < 1.29 is 28.2 Å². The Labute approximate surface area is 105 Å². The minimum atomic E-state index is -1.73. The lowest BCUT2D eigenvalue weighted by Gasteiger charge is -2.27. The number of aliphatic carboxylic acids is 1. The van der Waals surface area contributed by atoms with Gasteiger partial charge in [0.2, 0.25) is 0 Å². The predicted molar refractivity (Wildman–Crippen MR) is 60.9 cm³/mol. The monoisotopic (exact) mass is 267 g/mol. The Balaban J connectivity index is 4.44. The number of hydrogen-bond donors (Lipinski definition) is 2. The van der Waals surface area contributed by atoms with Gasteiger partial charge in [-0.3, -0.25) is 13.6 Å². The van der Waals surface area contributed by atoms with Crippen molar-refractivity contribution in [2.75, 3.05) is 19.9 Å². The van der Waals surface area contributed by atoms with Gasteiger partial charge < -0.3 is 15.2 Å². The number of alkyl carbamates (subject to hydrolysis) is 1. The zero-order chi connectivity index (χ0) is 14.4. The van der Waals surface area contributed by atoms with Gasteiger partial charge in [0, 0.05) is 6.54 Å². The van der Waals surface area contributed by atoms with Crippen LogP contribution in [-0.4, -0.2) is 42.7 Å². The van der Waals surface area contributed by atoms with Gasteiger partial charge in [0.15, 0.2) is 0 Å². The number of alkyl halides is 2. The topological polar surface area (TPSA) is 75.6 Å². The summed E-state index contributed by atoms with van der Waals surface area (Å²) < 4.78 is 30.4. The highest BCUT2D eigenvalue weighted by Gasteiger charge is 2.34. The molecule has 18 heavy (non-hydrogen) atoms. The van der Waals surface area contributed by atoms with E-state index in [1.54, 1.807) is 20.8 Å². The van der Waals surface area contributed by atoms with Crippen molar-refractivity contribution in [3.63, 3.8) is 0 Å². The second-order valence-corrected chi connectivity index (χ2v) is 5.19. The van der Waals surface area contributed by atoms with Crippen molar-refractivity contribution >= 4 is 12.1 Å². The van der Waals surface area contributed by atoms with E-state index in [0.29, 0.717) is 0 Å². The summed E-state index contributed by atoms with van der Waals surface area (Å²) in [5.41, 5.74) is -2.46. The molecule has 0 unspecified atom stereocenters. The Morgan fingerprint density at radius 1 is 1.22 bits per heavy atom. The molecule has 0 radical (unpaired) electrons. The zero-order valence-electron chi connectivity index (χ0n) is 10.8. The first-order valence-corrected chi connectivity index (χ1v) is 5.45. The first-order valence-electron chi connectivity index (χ1n) is 5.45. The molecule has 5 nitrogen and oxygen atoms in total. The smallest absolute Gasteiger partial charge is 0.407 e. The van der Waals surface area contributed by atoms with Crippen molar-refractivity contribution in [1.82, 2.24) is 5.32 Å². The zero-order valence-corrected chi connectivity index (χ0v) is 10.8. The predicted octanol–water partition coefficient (Wildman–Crippen LogP) is 1.91. The largest absolute Gasteiger partial charge is 0.481 e. The molecule has 7 heteroatoms. The maximum absolute atomic E-state index is 12.8. The van der Waals surface area contributed by atoms with Crippen LogP contribution in [0.4, 0.5) is 13.6 Å². The fourth-order valence-electron chi connectivity index (χ4n) is 1.18. The first-order chi connectivity index (χ1) is 8.14. The highest BCUT2D eigenvalue weighted by molar-refractivity contribution is 5.69. The summed E-state index contributed by atoms with van der Waals surface area (Å²) in [4.78, 5) is 21.8. The van der Waals surface area contributed by atoms with Crippen molar-refractivity contribution in [1.29, 1.82) is 0 Å². The molecule has 0 saturated heterocycles. The number of rotatable bonds is 6. The molecule has 0 aromatic rings. The molecular weight excluding hydrogens is 248 g/mol. The highest BCUT2D eigenvalue weighted by atomic mass is 19.1.